The van der Waals surface area contributed by atoms with E-state index in [0.29, 0.717) is 23.6 Å². The summed E-state index contributed by atoms with van der Waals surface area (Å²) in [6, 6.07) is 13.1. The number of halogens is 1. The van der Waals surface area contributed by atoms with Gasteiger partial charge in [-0.15, -0.1) is 0 Å². The van der Waals surface area contributed by atoms with Gasteiger partial charge in [0.05, 0.1) is 5.56 Å². The second-order valence-electron chi connectivity index (χ2n) is 6.17. The molecule has 3 rings (SSSR count). The molecule has 0 saturated heterocycles. The van der Waals surface area contributed by atoms with Crippen LogP contribution >= 0.6 is 15.9 Å². The highest BCUT2D eigenvalue weighted by atomic mass is 79.9. The summed E-state index contributed by atoms with van der Waals surface area (Å²) in [5.41, 5.74) is 3.23. The van der Waals surface area contributed by atoms with Crippen LogP contribution in [0.1, 0.15) is 41.3 Å². The molecule has 0 spiro atoms. The van der Waals surface area contributed by atoms with Gasteiger partial charge in [0.15, 0.2) is 6.10 Å². The Morgan fingerprint density at radius 3 is 2.58 bits per heavy atom. The second-order valence-corrected chi connectivity index (χ2v) is 7.08. The molecule has 0 bridgehead atoms. The predicted molar refractivity (Wildman–Crippen MR) is 96.2 cm³/mol. The zero-order valence-electron chi connectivity index (χ0n) is 13.5. The minimum atomic E-state index is -0.816. The number of hydrogen-bond acceptors (Lipinski definition) is 3. The Morgan fingerprint density at radius 2 is 1.92 bits per heavy atom. The van der Waals surface area contributed by atoms with Crippen molar-refractivity contribution in [1.82, 2.24) is 0 Å². The fraction of sp³-hybridized carbons (Fsp3) is 0.263. The summed E-state index contributed by atoms with van der Waals surface area (Å²) in [6.07, 6.45) is -0.444. The zero-order chi connectivity index (χ0) is 17.3. The molecule has 2 aromatic rings. The highest BCUT2D eigenvalue weighted by Gasteiger charge is 2.31. The summed E-state index contributed by atoms with van der Waals surface area (Å²) in [5.74, 6) is -0.339. The number of ether oxygens (including phenoxy) is 1. The fourth-order valence-electron chi connectivity index (χ4n) is 2.68. The smallest absolute Gasteiger partial charge is 0.339 e. The van der Waals surface area contributed by atoms with Crippen LogP contribution in [0.4, 0.5) is 5.69 Å². The number of benzene rings is 2. The van der Waals surface area contributed by atoms with Crippen molar-refractivity contribution < 1.29 is 14.3 Å². The quantitative estimate of drug-likeness (QED) is 0.798. The number of rotatable bonds is 3. The van der Waals surface area contributed by atoms with Crippen LogP contribution < -0.4 is 5.32 Å². The van der Waals surface area contributed by atoms with Gasteiger partial charge in [0.25, 0.3) is 5.91 Å². The van der Waals surface area contributed by atoms with Crippen LogP contribution in [0.15, 0.2) is 46.9 Å². The summed E-state index contributed by atoms with van der Waals surface area (Å²) in [4.78, 5) is 24.5. The molecule has 1 aliphatic rings. The number of nitrogens with one attached hydrogen (secondary N) is 1. The van der Waals surface area contributed by atoms with Gasteiger partial charge in [-0.3, -0.25) is 4.79 Å². The third-order valence-electron chi connectivity index (χ3n) is 4.08. The summed E-state index contributed by atoms with van der Waals surface area (Å²) >= 11 is 3.39. The average molecular weight is 388 g/mol. The molecule has 24 heavy (non-hydrogen) atoms. The normalized spacial score (nSPS) is 16.5. The van der Waals surface area contributed by atoms with Crippen molar-refractivity contribution >= 4 is 33.5 Å². The Hall–Kier alpha value is -2.14. The van der Waals surface area contributed by atoms with Crippen LogP contribution in [0.5, 0.6) is 0 Å². The van der Waals surface area contributed by atoms with E-state index in [4.69, 9.17) is 4.74 Å². The molecule has 1 aliphatic heterocycles. The number of esters is 1. The molecule has 2 aromatic carbocycles. The number of carbonyl (C=O) groups is 2. The maximum absolute atomic E-state index is 12.4. The van der Waals surface area contributed by atoms with Crippen molar-refractivity contribution in [2.75, 3.05) is 5.32 Å². The molecule has 0 aliphatic carbocycles. The molecule has 0 radical (unpaired) electrons. The molecule has 0 saturated carbocycles. The van der Waals surface area contributed by atoms with Crippen LogP contribution in [0.2, 0.25) is 0 Å². The first-order valence-electron chi connectivity index (χ1n) is 7.84. The highest BCUT2D eigenvalue weighted by Crippen LogP contribution is 2.25. The largest absolute Gasteiger partial charge is 0.448 e. The van der Waals surface area contributed by atoms with Crippen LogP contribution in [0.3, 0.4) is 0 Å². The van der Waals surface area contributed by atoms with Gasteiger partial charge in [-0.25, -0.2) is 4.79 Å². The van der Waals surface area contributed by atoms with E-state index in [9.17, 15) is 9.59 Å². The molecular weight excluding hydrogens is 370 g/mol. The Labute approximate surface area is 149 Å². The standard InChI is InChI=1S/C19H18BrNO3/c1-11(2)12-3-6-15(7-4-12)21-18(22)17-10-13-9-14(20)5-8-16(13)19(23)24-17/h3-9,11,17H,10H2,1-2H3,(H,21,22). The lowest BCUT2D eigenvalue weighted by atomic mass is 9.98. The number of hydrogen-bond donors (Lipinski definition) is 1. The maximum Gasteiger partial charge on any atom is 0.339 e. The second kappa shape index (κ2) is 6.77. The van der Waals surface area contributed by atoms with E-state index in [1.54, 1.807) is 12.1 Å². The Balaban J connectivity index is 1.73. The summed E-state index contributed by atoms with van der Waals surface area (Å²) in [6.45, 7) is 4.23. The van der Waals surface area contributed by atoms with Crippen LogP contribution in [0.25, 0.3) is 0 Å². The minimum Gasteiger partial charge on any atom is -0.448 e. The molecule has 1 atom stereocenters. The first-order chi connectivity index (χ1) is 11.4. The lowest BCUT2D eigenvalue weighted by Crippen LogP contribution is -2.38. The predicted octanol–water partition coefficient (Wildman–Crippen LogP) is 4.29. The van der Waals surface area contributed by atoms with Crippen molar-refractivity contribution in [3.8, 4) is 0 Å². The lowest BCUT2D eigenvalue weighted by Gasteiger charge is -2.24. The van der Waals surface area contributed by atoms with Crippen molar-refractivity contribution in [2.45, 2.75) is 32.3 Å². The number of amides is 1. The molecule has 1 unspecified atom stereocenters. The molecule has 0 aromatic heterocycles. The number of carbonyl (C=O) groups excluding carboxylic acids is 2. The monoisotopic (exact) mass is 387 g/mol. The number of anilines is 1. The van der Waals surface area contributed by atoms with Crippen molar-refractivity contribution in [3.63, 3.8) is 0 Å². The molecule has 5 heteroatoms. The SMILES string of the molecule is CC(C)c1ccc(NC(=O)C2Cc3cc(Br)ccc3C(=O)O2)cc1. The molecule has 0 fully saturated rings. The van der Waals surface area contributed by atoms with Gasteiger partial charge >= 0.3 is 5.97 Å². The van der Waals surface area contributed by atoms with E-state index < -0.39 is 12.1 Å². The van der Waals surface area contributed by atoms with Gasteiger partial charge in [-0.1, -0.05) is 41.9 Å². The van der Waals surface area contributed by atoms with Crippen molar-refractivity contribution in [3.05, 3.63) is 63.6 Å². The molecule has 124 valence electrons. The molecule has 1 amide bonds. The van der Waals surface area contributed by atoms with E-state index >= 15 is 0 Å². The Bertz CT molecular complexity index is 784. The Kier molecular flexibility index (Phi) is 4.71. The van der Waals surface area contributed by atoms with E-state index in [1.807, 2.05) is 30.3 Å². The van der Waals surface area contributed by atoms with Crippen molar-refractivity contribution in [1.29, 1.82) is 0 Å². The van der Waals surface area contributed by atoms with Crippen LogP contribution in [0, 0.1) is 0 Å². The van der Waals surface area contributed by atoms with Gasteiger partial charge < -0.3 is 10.1 Å². The summed E-state index contributed by atoms with van der Waals surface area (Å²) in [7, 11) is 0. The van der Waals surface area contributed by atoms with E-state index in [-0.39, 0.29) is 5.91 Å². The van der Waals surface area contributed by atoms with Crippen LogP contribution in [-0.2, 0) is 16.0 Å². The molecular formula is C19H18BrNO3. The van der Waals surface area contributed by atoms with E-state index in [1.165, 1.54) is 5.56 Å². The average Bonchev–Trinajstić information content (AvgIpc) is 2.54. The fourth-order valence-corrected chi connectivity index (χ4v) is 3.09. The van der Waals surface area contributed by atoms with Gasteiger partial charge in [0.1, 0.15) is 0 Å². The molecule has 1 heterocycles. The van der Waals surface area contributed by atoms with Crippen LogP contribution in [-0.4, -0.2) is 18.0 Å². The topological polar surface area (TPSA) is 55.4 Å². The van der Waals surface area contributed by atoms with Crippen molar-refractivity contribution in [2.24, 2.45) is 0 Å². The van der Waals surface area contributed by atoms with E-state index in [2.05, 4.69) is 35.1 Å². The summed E-state index contributed by atoms with van der Waals surface area (Å²) in [5, 5.41) is 2.82. The van der Waals surface area contributed by atoms with Gasteiger partial charge in [-0.2, -0.15) is 0 Å². The Morgan fingerprint density at radius 1 is 1.21 bits per heavy atom. The summed E-state index contributed by atoms with van der Waals surface area (Å²) < 4.78 is 6.16. The van der Waals surface area contributed by atoms with Gasteiger partial charge in [-0.05, 0) is 47.4 Å². The molecule has 1 N–H and O–H groups in total. The third kappa shape index (κ3) is 3.51. The lowest BCUT2D eigenvalue weighted by molar-refractivity contribution is -0.125. The highest BCUT2D eigenvalue weighted by molar-refractivity contribution is 9.10. The first-order valence-corrected chi connectivity index (χ1v) is 8.63. The first kappa shape index (κ1) is 16.7. The zero-order valence-corrected chi connectivity index (χ0v) is 15.1. The van der Waals surface area contributed by atoms with Gasteiger partial charge in [0, 0.05) is 16.6 Å². The minimum absolute atomic E-state index is 0.314. The van der Waals surface area contributed by atoms with Gasteiger partial charge in [0.2, 0.25) is 0 Å². The number of cyclic esters (lactones) is 1. The third-order valence-corrected chi connectivity index (χ3v) is 4.57. The maximum atomic E-state index is 12.4. The van der Waals surface area contributed by atoms with E-state index in [0.717, 1.165) is 10.0 Å². The number of fused-ring (bicyclic) bond motifs is 1. The molecule has 4 nitrogen and oxygen atoms in total.